The van der Waals surface area contributed by atoms with Crippen molar-refractivity contribution in [2.45, 2.75) is 18.6 Å². The van der Waals surface area contributed by atoms with Crippen LogP contribution in [0.2, 0.25) is 0 Å². The number of H-pyrrole nitrogens is 1. The van der Waals surface area contributed by atoms with E-state index in [0.717, 1.165) is 5.57 Å². The minimum Gasteiger partial charge on any atom is -0.270 e. The Morgan fingerprint density at radius 3 is 3.07 bits per heavy atom. The fourth-order valence-corrected chi connectivity index (χ4v) is 2.02. The van der Waals surface area contributed by atoms with Gasteiger partial charge in [0.1, 0.15) is 0 Å². The maximum Gasteiger partial charge on any atom is 0.343 e. The predicted molar refractivity (Wildman–Crippen MR) is 59.1 cm³/mol. The number of halogens is 1. The standard InChI is InChI=1S/C8H12ClN3OS/c1-3-12-7(13)10-11-8(12)14-5-6(2)4-9/h2-5H2,1H3,(H,10,13). The van der Waals surface area contributed by atoms with Gasteiger partial charge < -0.3 is 0 Å². The number of thioether (sulfide) groups is 1. The largest absolute Gasteiger partial charge is 0.343 e. The molecule has 0 aromatic carbocycles. The third-order valence-electron chi connectivity index (χ3n) is 1.63. The number of rotatable bonds is 5. The molecule has 0 unspecified atom stereocenters. The minimum absolute atomic E-state index is 0.175. The molecule has 0 amide bonds. The van der Waals surface area contributed by atoms with E-state index in [1.165, 1.54) is 11.8 Å². The van der Waals surface area contributed by atoms with E-state index in [1.54, 1.807) is 4.57 Å². The van der Waals surface area contributed by atoms with Crippen molar-refractivity contribution in [2.24, 2.45) is 0 Å². The summed E-state index contributed by atoms with van der Waals surface area (Å²) in [5.41, 5.74) is 0.751. The van der Waals surface area contributed by atoms with Gasteiger partial charge in [-0.2, -0.15) is 0 Å². The molecule has 78 valence electrons. The van der Waals surface area contributed by atoms with Gasteiger partial charge in [0.2, 0.25) is 0 Å². The van der Waals surface area contributed by atoms with Gasteiger partial charge in [-0.25, -0.2) is 9.89 Å². The molecule has 0 saturated carbocycles. The molecule has 0 aliphatic heterocycles. The molecule has 0 atom stereocenters. The maximum absolute atomic E-state index is 11.2. The summed E-state index contributed by atoms with van der Waals surface area (Å²) in [5, 5.41) is 6.98. The molecule has 1 aromatic heterocycles. The quantitative estimate of drug-likeness (QED) is 0.476. The van der Waals surface area contributed by atoms with Crippen LogP contribution >= 0.6 is 23.4 Å². The van der Waals surface area contributed by atoms with Gasteiger partial charge in [-0.1, -0.05) is 23.9 Å². The highest BCUT2D eigenvalue weighted by Crippen LogP contribution is 2.16. The van der Waals surface area contributed by atoms with E-state index in [4.69, 9.17) is 11.6 Å². The van der Waals surface area contributed by atoms with Gasteiger partial charge in [-0.05, 0) is 6.92 Å². The van der Waals surface area contributed by atoms with Crippen molar-refractivity contribution in [3.8, 4) is 0 Å². The molecule has 0 bridgehead atoms. The Balaban J connectivity index is 2.67. The Morgan fingerprint density at radius 1 is 1.79 bits per heavy atom. The summed E-state index contributed by atoms with van der Waals surface area (Å²) >= 11 is 7.05. The van der Waals surface area contributed by atoms with Crippen LogP contribution in [-0.4, -0.2) is 26.4 Å². The molecule has 1 rings (SSSR count). The lowest BCUT2D eigenvalue weighted by atomic mass is 10.4. The molecule has 4 nitrogen and oxygen atoms in total. The number of alkyl halides is 1. The van der Waals surface area contributed by atoms with E-state index >= 15 is 0 Å². The maximum atomic E-state index is 11.2. The molecule has 1 N–H and O–H groups in total. The normalized spacial score (nSPS) is 10.4. The first kappa shape index (κ1) is 11.4. The number of nitrogens with zero attached hydrogens (tertiary/aromatic N) is 2. The van der Waals surface area contributed by atoms with Gasteiger partial charge in [-0.15, -0.1) is 16.7 Å². The zero-order chi connectivity index (χ0) is 10.6. The number of nitrogens with one attached hydrogen (secondary N) is 1. The summed E-state index contributed by atoms with van der Waals surface area (Å²) in [6.07, 6.45) is 0. The van der Waals surface area contributed by atoms with Crippen molar-refractivity contribution in [1.29, 1.82) is 0 Å². The highest BCUT2D eigenvalue weighted by atomic mass is 35.5. The molecule has 14 heavy (non-hydrogen) atoms. The summed E-state index contributed by atoms with van der Waals surface area (Å²) in [7, 11) is 0. The Hall–Kier alpha value is -0.680. The van der Waals surface area contributed by atoms with Crippen LogP contribution < -0.4 is 5.69 Å². The zero-order valence-corrected chi connectivity index (χ0v) is 9.49. The molecule has 1 heterocycles. The lowest BCUT2D eigenvalue weighted by Gasteiger charge is -2.01. The summed E-state index contributed by atoms with van der Waals surface area (Å²) in [5.74, 6) is 1.13. The monoisotopic (exact) mass is 233 g/mol. The van der Waals surface area contributed by atoms with E-state index in [1.807, 2.05) is 6.92 Å². The highest BCUT2D eigenvalue weighted by Gasteiger charge is 2.06. The van der Waals surface area contributed by atoms with Gasteiger partial charge in [0.15, 0.2) is 5.16 Å². The van der Waals surface area contributed by atoms with Gasteiger partial charge in [0.05, 0.1) is 0 Å². The number of aromatic nitrogens is 3. The Morgan fingerprint density at radius 2 is 2.50 bits per heavy atom. The highest BCUT2D eigenvalue weighted by molar-refractivity contribution is 7.99. The van der Waals surface area contributed by atoms with E-state index in [0.29, 0.717) is 23.3 Å². The SMILES string of the molecule is C=C(CCl)CSc1n[nH]c(=O)n1CC. The summed E-state index contributed by atoms with van der Waals surface area (Å²) in [4.78, 5) is 11.2. The number of hydrogen-bond acceptors (Lipinski definition) is 3. The molecule has 0 fully saturated rings. The van der Waals surface area contributed by atoms with E-state index < -0.39 is 0 Å². The molecular weight excluding hydrogens is 222 g/mol. The Bertz CT molecular complexity index is 371. The van der Waals surface area contributed by atoms with Crippen molar-refractivity contribution in [1.82, 2.24) is 14.8 Å². The average Bonchev–Trinajstić information content (AvgIpc) is 2.55. The van der Waals surface area contributed by atoms with Crippen LogP contribution in [0.5, 0.6) is 0 Å². The van der Waals surface area contributed by atoms with E-state index in [-0.39, 0.29) is 5.69 Å². The van der Waals surface area contributed by atoms with Crippen LogP contribution in [0.25, 0.3) is 0 Å². The molecule has 6 heteroatoms. The first-order valence-corrected chi connectivity index (χ1v) is 5.71. The van der Waals surface area contributed by atoms with Crippen LogP contribution in [0.4, 0.5) is 0 Å². The van der Waals surface area contributed by atoms with Crippen LogP contribution in [0.1, 0.15) is 6.92 Å². The third-order valence-corrected chi connectivity index (χ3v) is 3.13. The third kappa shape index (κ3) is 2.65. The molecular formula is C8H12ClN3OS. The number of hydrogen-bond donors (Lipinski definition) is 1. The fourth-order valence-electron chi connectivity index (χ4n) is 0.897. The molecule has 1 aromatic rings. The molecule has 0 spiro atoms. The van der Waals surface area contributed by atoms with Crippen LogP contribution in [-0.2, 0) is 6.54 Å². The fraction of sp³-hybridized carbons (Fsp3) is 0.500. The van der Waals surface area contributed by atoms with Gasteiger partial charge >= 0.3 is 5.69 Å². The van der Waals surface area contributed by atoms with Gasteiger partial charge in [0, 0.05) is 18.2 Å². The van der Waals surface area contributed by atoms with Crippen molar-refractivity contribution in [3.05, 3.63) is 22.6 Å². The van der Waals surface area contributed by atoms with Crippen LogP contribution in [0.15, 0.2) is 22.1 Å². The molecule has 0 radical (unpaired) electrons. The molecule has 0 saturated heterocycles. The van der Waals surface area contributed by atoms with Crippen LogP contribution in [0, 0.1) is 0 Å². The second-order valence-corrected chi connectivity index (χ2v) is 3.94. The first-order valence-electron chi connectivity index (χ1n) is 4.19. The van der Waals surface area contributed by atoms with Crippen molar-refractivity contribution in [3.63, 3.8) is 0 Å². The molecule has 0 aliphatic rings. The van der Waals surface area contributed by atoms with Crippen molar-refractivity contribution >= 4 is 23.4 Å². The lowest BCUT2D eigenvalue weighted by Crippen LogP contribution is -2.16. The summed E-state index contributed by atoms with van der Waals surface area (Å²) < 4.78 is 1.58. The second kappa shape index (κ2) is 5.26. The zero-order valence-electron chi connectivity index (χ0n) is 7.92. The molecule has 0 aliphatic carbocycles. The average molecular weight is 234 g/mol. The smallest absolute Gasteiger partial charge is 0.270 e. The summed E-state index contributed by atoms with van der Waals surface area (Å²) in [6, 6.07) is 0. The topological polar surface area (TPSA) is 50.7 Å². The first-order chi connectivity index (χ1) is 6.69. The van der Waals surface area contributed by atoms with Crippen molar-refractivity contribution < 1.29 is 0 Å². The predicted octanol–water partition coefficient (Wildman–Crippen LogP) is 1.48. The minimum atomic E-state index is -0.175. The van der Waals surface area contributed by atoms with E-state index in [2.05, 4.69) is 16.8 Å². The van der Waals surface area contributed by atoms with Gasteiger partial charge in [0.25, 0.3) is 0 Å². The Kier molecular flexibility index (Phi) is 4.28. The Labute approximate surface area is 91.3 Å². The van der Waals surface area contributed by atoms with Crippen LogP contribution in [0.3, 0.4) is 0 Å². The number of aromatic amines is 1. The van der Waals surface area contributed by atoms with E-state index in [9.17, 15) is 4.79 Å². The van der Waals surface area contributed by atoms with Crippen molar-refractivity contribution in [2.75, 3.05) is 11.6 Å². The second-order valence-electron chi connectivity index (χ2n) is 2.73. The summed E-state index contributed by atoms with van der Waals surface area (Å²) in [6.45, 7) is 6.29. The van der Waals surface area contributed by atoms with Gasteiger partial charge in [-0.3, -0.25) is 4.57 Å². The lowest BCUT2D eigenvalue weighted by molar-refractivity contribution is 0.661.